The summed E-state index contributed by atoms with van der Waals surface area (Å²) in [6.45, 7) is 3.92. The van der Waals surface area contributed by atoms with Crippen LogP contribution in [0.4, 0.5) is 5.69 Å². The third-order valence-electron chi connectivity index (χ3n) is 5.13. The van der Waals surface area contributed by atoms with Crippen molar-refractivity contribution in [2.24, 2.45) is 0 Å². The van der Waals surface area contributed by atoms with Crippen LogP contribution < -0.4 is 10.2 Å². The summed E-state index contributed by atoms with van der Waals surface area (Å²) in [7, 11) is 0. The Labute approximate surface area is 182 Å². The van der Waals surface area contributed by atoms with E-state index < -0.39 is 0 Å². The molecule has 0 saturated carbocycles. The van der Waals surface area contributed by atoms with Crippen LogP contribution in [0.5, 0.6) is 0 Å². The number of thioether (sulfide) groups is 1. The van der Waals surface area contributed by atoms with Crippen LogP contribution in [0, 0.1) is 0 Å². The second kappa shape index (κ2) is 10.3. The number of ether oxygens (including phenoxy) is 1. The minimum atomic E-state index is -0.0385. The van der Waals surface area contributed by atoms with E-state index in [0.29, 0.717) is 6.54 Å². The molecule has 4 nitrogen and oxygen atoms in total. The number of nitrogens with one attached hydrogen (secondary N) is 1. The summed E-state index contributed by atoms with van der Waals surface area (Å²) >= 11 is 1.69. The monoisotopic (exact) mass is 418 g/mol. The fraction of sp³-hybridized carbons (Fsp3) is 0.240. The van der Waals surface area contributed by atoms with Crippen LogP contribution in [-0.4, -0.2) is 32.2 Å². The summed E-state index contributed by atoms with van der Waals surface area (Å²) < 4.78 is 5.41. The van der Waals surface area contributed by atoms with E-state index in [2.05, 4.69) is 46.6 Å². The van der Waals surface area contributed by atoms with E-state index in [0.717, 1.165) is 48.1 Å². The predicted molar refractivity (Wildman–Crippen MR) is 123 cm³/mol. The van der Waals surface area contributed by atoms with Crippen LogP contribution in [0.1, 0.15) is 21.5 Å². The van der Waals surface area contributed by atoms with E-state index >= 15 is 0 Å². The zero-order valence-corrected chi connectivity index (χ0v) is 17.7. The van der Waals surface area contributed by atoms with Crippen molar-refractivity contribution in [3.05, 3.63) is 95.6 Å². The third-order valence-corrected chi connectivity index (χ3v) is 6.28. The fourth-order valence-electron chi connectivity index (χ4n) is 3.44. The molecular weight excluding hydrogens is 392 g/mol. The molecule has 0 radical (unpaired) electrons. The second-order valence-corrected chi connectivity index (χ2v) is 8.24. The molecule has 1 aliphatic heterocycles. The molecule has 1 N–H and O–H groups in total. The molecule has 5 heteroatoms. The maximum atomic E-state index is 12.8. The topological polar surface area (TPSA) is 41.6 Å². The van der Waals surface area contributed by atoms with Gasteiger partial charge in [0, 0.05) is 36.0 Å². The molecule has 154 valence electrons. The lowest BCUT2D eigenvalue weighted by Crippen LogP contribution is -2.36. The van der Waals surface area contributed by atoms with Gasteiger partial charge < -0.3 is 15.0 Å². The Kier molecular flexibility index (Phi) is 7.06. The summed E-state index contributed by atoms with van der Waals surface area (Å²) in [4.78, 5) is 16.1. The smallest absolute Gasteiger partial charge is 0.252 e. The molecule has 1 amide bonds. The molecule has 0 bridgehead atoms. The van der Waals surface area contributed by atoms with Gasteiger partial charge in [-0.3, -0.25) is 4.79 Å². The highest BCUT2D eigenvalue weighted by Crippen LogP contribution is 2.26. The molecule has 4 rings (SSSR count). The molecule has 3 aromatic rings. The van der Waals surface area contributed by atoms with Crippen molar-refractivity contribution in [2.45, 2.75) is 17.2 Å². The average Bonchev–Trinajstić information content (AvgIpc) is 2.83. The maximum Gasteiger partial charge on any atom is 0.252 e. The lowest BCUT2D eigenvalue weighted by Gasteiger charge is -2.28. The molecule has 0 atom stereocenters. The largest absolute Gasteiger partial charge is 0.378 e. The Morgan fingerprint density at radius 1 is 0.867 bits per heavy atom. The third kappa shape index (κ3) is 5.43. The van der Waals surface area contributed by atoms with Gasteiger partial charge in [-0.05, 0) is 35.4 Å². The first-order valence-corrected chi connectivity index (χ1v) is 11.2. The Morgan fingerprint density at radius 2 is 1.57 bits per heavy atom. The summed E-state index contributed by atoms with van der Waals surface area (Å²) in [5.74, 6) is 0.803. The van der Waals surface area contributed by atoms with Gasteiger partial charge in [-0.25, -0.2) is 0 Å². The zero-order valence-electron chi connectivity index (χ0n) is 16.9. The van der Waals surface area contributed by atoms with Crippen molar-refractivity contribution in [1.29, 1.82) is 0 Å². The number of hydrogen-bond donors (Lipinski definition) is 1. The summed E-state index contributed by atoms with van der Waals surface area (Å²) in [5.41, 5.74) is 4.27. The van der Waals surface area contributed by atoms with Crippen molar-refractivity contribution in [3.63, 3.8) is 0 Å². The van der Waals surface area contributed by atoms with Crippen molar-refractivity contribution in [1.82, 2.24) is 5.32 Å². The van der Waals surface area contributed by atoms with Gasteiger partial charge in [0.05, 0.1) is 18.8 Å². The van der Waals surface area contributed by atoms with Crippen LogP contribution in [0.3, 0.4) is 0 Å². The standard InChI is InChI=1S/C25H26N2O2S/c28-25(23-8-4-5-9-24(23)30-19-21-6-2-1-3-7-21)26-18-20-10-12-22(13-11-20)27-14-16-29-17-15-27/h1-13H,14-19H2,(H,26,28). The number of carbonyl (C=O) groups is 1. The molecule has 0 unspecified atom stereocenters. The van der Waals surface area contributed by atoms with Crippen molar-refractivity contribution in [3.8, 4) is 0 Å². The molecule has 1 aliphatic rings. The van der Waals surface area contributed by atoms with Crippen molar-refractivity contribution >= 4 is 23.4 Å². The minimum absolute atomic E-state index is 0.0385. The van der Waals surface area contributed by atoms with Crippen LogP contribution in [0.15, 0.2) is 83.8 Å². The molecule has 30 heavy (non-hydrogen) atoms. The van der Waals surface area contributed by atoms with Crippen LogP contribution >= 0.6 is 11.8 Å². The Morgan fingerprint density at radius 3 is 2.33 bits per heavy atom. The number of nitrogens with zero attached hydrogens (tertiary/aromatic N) is 1. The lowest BCUT2D eigenvalue weighted by molar-refractivity contribution is 0.0948. The number of hydrogen-bond acceptors (Lipinski definition) is 4. The van der Waals surface area contributed by atoms with E-state index in [9.17, 15) is 4.79 Å². The first-order chi connectivity index (χ1) is 14.8. The highest BCUT2D eigenvalue weighted by Gasteiger charge is 2.13. The number of amides is 1. The molecule has 1 saturated heterocycles. The van der Waals surface area contributed by atoms with Gasteiger partial charge in [0.2, 0.25) is 0 Å². The number of anilines is 1. The molecule has 1 fully saturated rings. The van der Waals surface area contributed by atoms with Crippen molar-refractivity contribution in [2.75, 3.05) is 31.2 Å². The van der Waals surface area contributed by atoms with Gasteiger partial charge in [0.1, 0.15) is 0 Å². The lowest BCUT2D eigenvalue weighted by atomic mass is 10.1. The van der Waals surface area contributed by atoms with Crippen LogP contribution in [-0.2, 0) is 17.0 Å². The number of carbonyl (C=O) groups excluding carboxylic acids is 1. The van der Waals surface area contributed by atoms with Gasteiger partial charge in [-0.15, -0.1) is 11.8 Å². The van der Waals surface area contributed by atoms with Gasteiger partial charge in [-0.2, -0.15) is 0 Å². The van der Waals surface area contributed by atoms with Gasteiger partial charge in [0.15, 0.2) is 0 Å². The molecule has 0 spiro atoms. The predicted octanol–water partition coefficient (Wildman–Crippen LogP) is 4.75. The van der Waals surface area contributed by atoms with E-state index in [1.165, 1.54) is 11.3 Å². The Balaban J connectivity index is 1.35. The molecular formula is C25H26N2O2S. The summed E-state index contributed by atoms with van der Waals surface area (Å²) in [6, 6.07) is 26.5. The van der Waals surface area contributed by atoms with E-state index in [1.807, 2.05) is 42.5 Å². The summed E-state index contributed by atoms with van der Waals surface area (Å²) in [5, 5.41) is 3.07. The van der Waals surface area contributed by atoms with E-state index in [-0.39, 0.29) is 5.91 Å². The second-order valence-electron chi connectivity index (χ2n) is 7.22. The molecule has 0 aromatic heterocycles. The first-order valence-electron chi connectivity index (χ1n) is 10.3. The highest BCUT2D eigenvalue weighted by atomic mass is 32.2. The number of benzene rings is 3. The van der Waals surface area contributed by atoms with Crippen LogP contribution in [0.2, 0.25) is 0 Å². The fourth-order valence-corrected chi connectivity index (χ4v) is 4.44. The average molecular weight is 419 g/mol. The maximum absolute atomic E-state index is 12.8. The highest BCUT2D eigenvalue weighted by molar-refractivity contribution is 7.98. The van der Waals surface area contributed by atoms with Gasteiger partial charge in [0.25, 0.3) is 5.91 Å². The molecule has 0 aliphatic carbocycles. The number of rotatable bonds is 7. The van der Waals surface area contributed by atoms with Gasteiger partial charge in [-0.1, -0.05) is 54.6 Å². The number of morpholine rings is 1. The summed E-state index contributed by atoms with van der Waals surface area (Å²) in [6.07, 6.45) is 0. The molecule has 3 aromatic carbocycles. The van der Waals surface area contributed by atoms with Crippen molar-refractivity contribution < 1.29 is 9.53 Å². The van der Waals surface area contributed by atoms with Gasteiger partial charge >= 0.3 is 0 Å². The minimum Gasteiger partial charge on any atom is -0.378 e. The Bertz CT molecular complexity index is 954. The SMILES string of the molecule is O=C(NCc1ccc(N2CCOCC2)cc1)c1ccccc1SCc1ccccc1. The normalized spacial score (nSPS) is 13.8. The molecule has 1 heterocycles. The van der Waals surface area contributed by atoms with E-state index in [4.69, 9.17) is 4.74 Å². The Hall–Kier alpha value is -2.76. The zero-order chi connectivity index (χ0) is 20.6. The first kappa shape index (κ1) is 20.5. The van der Waals surface area contributed by atoms with E-state index in [1.54, 1.807) is 11.8 Å². The van der Waals surface area contributed by atoms with Crippen LogP contribution in [0.25, 0.3) is 0 Å². The quantitative estimate of drug-likeness (QED) is 0.563.